The predicted molar refractivity (Wildman–Crippen MR) is 124 cm³/mol. The third kappa shape index (κ3) is 5.91. The summed E-state index contributed by atoms with van der Waals surface area (Å²) in [7, 11) is -2.17. The number of hydrogen-bond donors (Lipinski definition) is 0. The average Bonchev–Trinajstić information content (AvgIpc) is 3.15. The lowest BCUT2D eigenvalue weighted by molar-refractivity contribution is -0.157. The van der Waals surface area contributed by atoms with Crippen molar-refractivity contribution in [3.05, 3.63) is 65.2 Å². The molecule has 0 saturated heterocycles. The smallest absolute Gasteiger partial charge is 0.349 e. The average molecular weight is 459 g/mol. The van der Waals surface area contributed by atoms with Gasteiger partial charge in [-0.1, -0.05) is 37.3 Å². The van der Waals surface area contributed by atoms with Crippen molar-refractivity contribution >= 4 is 22.2 Å². The second kappa shape index (κ2) is 9.77. The Morgan fingerprint density at radius 1 is 1.09 bits per heavy atom. The first kappa shape index (κ1) is 23.9. The molecule has 2 aromatic carbocycles. The van der Waals surface area contributed by atoms with Gasteiger partial charge in [0.05, 0.1) is 13.4 Å². The first-order valence-corrected chi connectivity index (χ1v) is 12.5. The molecule has 0 bridgehead atoms. The van der Waals surface area contributed by atoms with E-state index in [2.05, 4.69) is 6.08 Å². The molecule has 3 rings (SSSR count). The third-order valence-corrected chi connectivity index (χ3v) is 6.25. The van der Waals surface area contributed by atoms with Gasteiger partial charge in [0.25, 0.3) is 0 Å². The van der Waals surface area contributed by atoms with E-state index >= 15 is 0 Å². The highest BCUT2D eigenvalue weighted by atomic mass is 32.2. The molecule has 0 saturated carbocycles. The molecule has 0 radical (unpaired) electrons. The van der Waals surface area contributed by atoms with Crippen LogP contribution < -0.4 is 8.92 Å². The minimum Gasteiger partial charge on any atom is -0.476 e. The number of aryl methyl sites for hydroxylation is 1. The summed E-state index contributed by atoms with van der Waals surface area (Å²) in [6.45, 7) is 3.62. The van der Waals surface area contributed by atoms with Gasteiger partial charge in [-0.25, -0.2) is 4.79 Å². The molecule has 1 aliphatic carbocycles. The van der Waals surface area contributed by atoms with E-state index in [-0.39, 0.29) is 5.97 Å². The second-order valence-corrected chi connectivity index (χ2v) is 9.83. The largest absolute Gasteiger partial charge is 0.476 e. The van der Waals surface area contributed by atoms with Gasteiger partial charge in [0.1, 0.15) is 11.5 Å². The molecule has 7 heteroatoms. The van der Waals surface area contributed by atoms with E-state index in [4.69, 9.17) is 13.7 Å². The first-order chi connectivity index (χ1) is 15.1. The molecule has 0 spiro atoms. The zero-order valence-electron chi connectivity index (χ0n) is 19.0. The van der Waals surface area contributed by atoms with E-state index < -0.39 is 15.7 Å². The van der Waals surface area contributed by atoms with Crippen molar-refractivity contribution in [3.8, 4) is 11.5 Å². The SMILES string of the molecule is CC[C@@](C)(Oc1ccc(CCCC2C=Cc3cc(OS(C)(=O)=O)ccc32)cc1)C(=O)OC. The van der Waals surface area contributed by atoms with Crippen molar-refractivity contribution in [2.24, 2.45) is 0 Å². The van der Waals surface area contributed by atoms with Gasteiger partial charge in [0, 0.05) is 5.92 Å². The number of carbonyl (C=O) groups is 1. The number of benzene rings is 2. The number of hydrogen-bond acceptors (Lipinski definition) is 6. The normalized spacial score (nSPS) is 16.8. The van der Waals surface area contributed by atoms with E-state index in [1.165, 1.54) is 18.2 Å². The van der Waals surface area contributed by atoms with Crippen molar-refractivity contribution in [2.45, 2.75) is 51.0 Å². The quantitative estimate of drug-likeness (QED) is 0.373. The summed E-state index contributed by atoms with van der Waals surface area (Å²) < 4.78 is 38.4. The molecule has 0 aromatic heterocycles. The van der Waals surface area contributed by atoms with Crippen LogP contribution in [0.2, 0.25) is 0 Å². The lowest BCUT2D eigenvalue weighted by atomic mass is 9.94. The van der Waals surface area contributed by atoms with Crippen molar-refractivity contribution in [2.75, 3.05) is 13.4 Å². The Labute approximate surface area is 190 Å². The number of fused-ring (bicyclic) bond motifs is 1. The third-order valence-electron chi connectivity index (χ3n) is 5.75. The van der Waals surface area contributed by atoms with Crippen LogP contribution in [0.3, 0.4) is 0 Å². The molecule has 0 aliphatic heterocycles. The zero-order valence-corrected chi connectivity index (χ0v) is 19.8. The zero-order chi connectivity index (χ0) is 23.4. The molecule has 0 fully saturated rings. The molecular weight excluding hydrogens is 428 g/mol. The predicted octanol–water partition coefficient (Wildman–Crippen LogP) is 4.88. The first-order valence-electron chi connectivity index (χ1n) is 10.7. The topological polar surface area (TPSA) is 78.9 Å². The fourth-order valence-electron chi connectivity index (χ4n) is 3.82. The van der Waals surface area contributed by atoms with Gasteiger partial charge in [-0.15, -0.1) is 0 Å². The fourth-order valence-corrected chi connectivity index (χ4v) is 4.27. The lowest BCUT2D eigenvalue weighted by Gasteiger charge is -2.26. The highest BCUT2D eigenvalue weighted by Crippen LogP contribution is 2.36. The Morgan fingerprint density at radius 3 is 2.41 bits per heavy atom. The van der Waals surface area contributed by atoms with Crippen LogP contribution in [0, 0.1) is 0 Å². The molecule has 6 nitrogen and oxygen atoms in total. The van der Waals surface area contributed by atoms with Crippen LogP contribution in [-0.2, 0) is 26.1 Å². The standard InChI is InChI=1S/C25H30O6S/c1-5-25(2,24(26)29-3)30-21-13-9-18(10-14-21)7-6-8-19-11-12-20-17-22(15-16-23(19)20)31-32(4,27)28/h9-17,19H,5-8H2,1-4H3/t19?,25-/m1/s1. The van der Waals surface area contributed by atoms with E-state index in [0.29, 0.717) is 23.8 Å². The van der Waals surface area contributed by atoms with Crippen LogP contribution in [-0.4, -0.2) is 33.4 Å². The Morgan fingerprint density at radius 2 is 1.78 bits per heavy atom. The summed E-state index contributed by atoms with van der Waals surface area (Å²) in [4.78, 5) is 12.0. The van der Waals surface area contributed by atoms with Crippen molar-refractivity contribution in [1.82, 2.24) is 0 Å². The maximum Gasteiger partial charge on any atom is 0.349 e. The maximum atomic E-state index is 12.0. The van der Waals surface area contributed by atoms with Crippen LogP contribution in [0.25, 0.3) is 6.08 Å². The Bertz CT molecular complexity index is 1090. The van der Waals surface area contributed by atoms with Gasteiger partial charge in [-0.05, 0) is 73.6 Å². The summed E-state index contributed by atoms with van der Waals surface area (Å²) >= 11 is 0. The molecule has 1 aliphatic rings. The number of methoxy groups -OCH3 is 1. The highest BCUT2D eigenvalue weighted by molar-refractivity contribution is 7.86. The molecule has 0 N–H and O–H groups in total. The minimum atomic E-state index is -3.53. The molecule has 0 heterocycles. The molecule has 0 amide bonds. The molecule has 1 unspecified atom stereocenters. The number of carbonyl (C=O) groups excluding carboxylic acids is 1. The Hall–Kier alpha value is -2.80. The number of allylic oxidation sites excluding steroid dienone is 1. The van der Waals surface area contributed by atoms with Gasteiger partial charge in [0.2, 0.25) is 5.60 Å². The maximum absolute atomic E-state index is 12.0. The van der Waals surface area contributed by atoms with Gasteiger partial charge >= 0.3 is 16.1 Å². The van der Waals surface area contributed by atoms with Gasteiger partial charge in [0.15, 0.2) is 0 Å². The van der Waals surface area contributed by atoms with Crippen LogP contribution in [0.4, 0.5) is 0 Å². The minimum absolute atomic E-state index is 0.310. The van der Waals surface area contributed by atoms with Crippen LogP contribution in [0.1, 0.15) is 55.7 Å². The van der Waals surface area contributed by atoms with Crippen LogP contribution in [0.5, 0.6) is 11.5 Å². The molecule has 2 aromatic rings. The summed E-state index contributed by atoms with van der Waals surface area (Å²) in [5, 5.41) is 0. The number of rotatable bonds is 10. The Kier molecular flexibility index (Phi) is 7.29. The molecular formula is C25H30O6S. The van der Waals surface area contributed by atoms with Gasteiger partial charge in [-0.3, -0.25) is 0 Å². The van der Waals surface area contributed by atoms with E-state index in [1.54, 1.807) is 19.1 Å². The monoisotopic (exact) mass is 458 g/mol. The Balaban J connectivity index is 1.54. The fraction of sp³-hybridized carbons (Fsp3) is 0.400. The summed E-state index contributed by atoms with van der Waals surface area (Å²) in [6.07, 6.45) is 8.66. The lowest BCUT2D eigenvalue weighted by Crippen LogP contribution is -2.41. The molecule has 32 heavy (non-hydrogen) atoms. The van der Waals surface area contributed by atoms with E-state index in [0.717, 1.165) is 31.1 Å². The van der Waals surface area contributed by atoms with Crippen LogP contribution in [0.15, 0.2) is 48.5 Å². The van der Waals surface area contributed by atoms with E-state index in [1.807, 2.05) is 43.3 Å². The molecule has 172 valence electrons. The summed E-state index contributed by atoms with van der Waals surface area (Å²) in [5.41, 5.74) is 2.40. The summed E-state index contributed by atoms with van der Waals surface area (Å²) in [6, 6.07) is 13.2. The summed E-state index contributed by atoms with van der Waals surface area (Å²) in [5.74, 6) is 0.905. The highest BCUT2D eigenvalue weighted by Gasteiger charge is 2.34. The van der Waals surface area contributed by atoms with Crippen molar-refractivity contribution in [1.29, 1.82) is 0 Å². The molecule has 2 atom stereocenters. The van der Waals surface area contributed by atoms with Crippen molar-refractivity contribution in [3.63, 3.8) is 0 Å². The number of ether oxygens (including phenoxy) is 2. The van der Waals surface area contributed by atoms with Gasteiger partial charge in [-0.2, -0.15) is 8.42 Å². The van der Waals surface area contributed by atoms with Crippen LogP contribution >= 0.6 is 0 Å². The van der Waals surface area contributed by atoms with Gasteiger partial charge < -0.3 is 13.7 Å². The van der Waals surface area contributed by atoms with E-state index in [9.17, 15) is 13.2 Å². The van der Waals surface area contributed by atoms with Crippen molar-refractivity contribution < 1.29 is 26.9 Å². The second-order valence-electron chi connectivity index (χ2n) is 8.26. The number of esters is 1.